The van der Waals surface area contributed by atoms with E-state index in [0.717, 1.165) is 49.3 Å². The number of rotatable bonds is 3. The van der Waals surface area contributed by atoms with Crippen LogP contribution in [0.25, 0.3) is 0 Å². The molecule has 0 atom stereocenters. The molecule has 0 aromatic carbocycles. The van der Waals surface area contributed by atoms with E-state index in [2.05, 4.69) is 12.0 Å². The smallest absolute Gasteiger partial charge is 0.186 e. The molecule has 0 radical (unpaired) electrons. The lowest BCUT2D eigenvalue weighted by Gasteiger charge is -2.55. The van der Waals surface area contributed by atoms with Gasteiger partial charge in [0.25, 0.3) is 0 Å². The van der Waals surface area contributed by atoms with Crippen molar-refractivity contribution >= 4 is 5.78 Å². The standard InChI is InChI=1S/C16H22N2O/c1-2-18-14(3-4-17-18)15(19)16-8-11-5-12(9-16)7-13(6-11)10-16/h3-4,11-13H,2,5-10H2,1H3. The molecule has 3 nitrogen and oxygen atoms in total. The summed E-state index contributed by atoms with van der Waals surface area (Å²) in [7, 11) is 0. The van der Waals surface area contributed by atoms with Gasteiger partial charge in [-0.15, -0.1) is 0 Å². The summed E-state index contributed by atoms with van der Waals surface area (Å²) in [4.78, 5) is 13.1. The van der Waals surface area contributed by atoms with E-state index in [1.807, 2.05) is 10.7 Å². The SMILES string of the molecule is CCn1nccc1C(=O)C12CC3CC(CC(C3)C1)C2. The van der Waals surface area contributed by atoms with Gasteiger partial charge in [0.05, 0.1) is 0 Å². The Morgan fingerprint density at radius 1 is 1.26 bits per heavy atom. The number of carbonyl (C=O) groups excluding carboxylic acids is 1. The maximum atomic E-state index is 13.1. The summed E-state index contributed by atoms with van der Waals surface area (Å²) in [6, 6.07) is 1.92. The Bertz CT molecular complexity index is 481. The molecule has 0 unspecified atom stereocenters. The molecule has 4 aliphatic carbocycles. The Hall–Kier alpha value is -1.12. The van der Waals surface area contributed by atoms with Crippen LogP contribution in [-0.4, -0.2) is 15.6 Å². The van der Waals surface area contributed by atoms with Gasteiger partial charge in [-0.2, -0.15) is 5.10 Å². The quantitative estimate of drug-likeness (QED) is 0.780. The van der Waals surface area contributed by atoms with Gasteiger partial charge in [0.1, 0.15) is 5.69 Å². The van der Waals surface area contributed by atoms with Gasteiger partial charge in [0, 0.05) is 18.2 Å². The predicted molar refractivity (Wildman–Crippen MR) is 72.8 cm³/mol. The molecule has 0 amide bonds. The van der Waals surface area contributed by atoms with Crippen molar-refractivity contribution in [3.05, 3.63) is 18.0 Å². The van der Waals surface area contributed by atoms with E-state index in [4.69, 9.17) is 0 Å². The van der Waals surface area contributed by atoms with Gasteiger partial charge < -0.3 is 0 Å². The minimum absolute atomic E-state index is 0.0261. The number of ketones is 1. The van der Waals surface area contributed by atoms with E-state index in [0.29, 0.717) is 5.78 Å². The summed E-state index contributed by atoms with van der Waals surface area (Å²) in [5.74, 6) is 2.88. The number of aryl methyl sites for hydroxylation is 1. The van der Waals surface area contributed by atoms with Crippen molar-refractivity contribution in [2.45, 2.75) is 52.0 Å². The summed E-state index contributed by atoms with van der Waals surface area (Å²) in [5, 5.41) is 4.28. The van der Waals surface area contributed by atoms with Crippen LogP contribution < -0.4 is 0 Å². The zero-order chi connectivity index (χ0) is 13.0. The fourth-order valence-electron chi connectivity index (χ4n) is 5.44. The third kappa shape index (κ3) is 1.63. The van der Waals surface area contributed by atoms with E-state index in [1.54, 1.807) is 6.20 Å². The Morgan fingerprint density at radius 3 is 2.37 bits per heavy atom. The number of Topliss-reactive ketones (excluding diaryl/α,β-unsaturated/α-hetero) is 1. The molecule has 1 heterocycles. The summed E-state index contributed by atoms with van der Waals surface area (Å²) >= 11 is 0. The molecule has 0 saturated heterocycles. The lowest BCUT2D eigenvalue weighted by atomic mass is 9.48. The second kappa shape index (κ2) is 3.94. The summed E-state index contributed by atoms with van der Waals surface area (Å²) < 4.78 is 1.88. The minimum Gasteiger partial charge on any atom is -0.292 e. The molecule has 4 fully saturated rings. The van der Waals surface area contributed by atoms with E-state index >= 15 is 0 Å². The number of carbonyl (C=O) groups is 1. The molecular formula is C16H22N2O. The third-order valence-electron chi connectivity index (χ3n) is 5.77. The first-order valence-electron chi connectivity index (χ1n) is 7.77. The molecule has 4 aliphatic rings. The second-order valence-corrected chi connectivity index (χ2v) is 7.06. The van der Waals surface area contributed by atoms with Crippen LogP contribution in [0.5, 0.6) is 0 Å². The average molecular weight is 258 g/mol. The van der Waals surface area contributed by atoms with Gasteiger partial charge in [-0.05, 0) is 69.3 Å². The monoisotopic (exact) mass is 258 g/mol. The predicted octanol–water partition coefficient (Wildman–Crippen LogP) is 3.30. The van der Waals surface area contributed by atoms with Gasteiger partial charge >= 0.3 is 0 Å². The van der Waals surface area contributed by atoms with Crippen LogP contribution in [0.15, 0.2) is 12.3 Å². The van der Waals surface area contributed by atoms with E-state index in [9.17, 15) is 4.79 Å². The average Bonchev–Trinajstić information content (AvgIpc) is 2.84. The normalized spacial score (nSPS) is 39.7. The topological polar surface area (TPSA) is 34.9 Å². The van der Waals surface area contributed by atoms with Crippen molar-refractivity contribution in [3.63, 3.8) is 0 Å². The molecule has 5 rings (SSSR count). The van der Waals surface area contributed by atoms with Gasteiger partial charge in [-0.1, -0.05) is 0 Å². The van der Waals surface area contributed by atoms with Crippen LogP contribution in [0.2, 0.25) is 0 Å². The first kappa shape index (κ1) is 11.7. The highest BCUT2D eigenvalue weighted by molar-refractivity contribution is 5.99. The van der Waals surface area contributed by atoms with Gasteiger partial charge in [0.2, 0.25) is 0 Å². The van der Waals surface area contributed by atoms with Crippen molar-refractivity contribution < 1.29 is 4.79 Å². The Morgan fingerprint density at radius 2 is 1.84 bits per heavy atom. The Balaban J connectivity index is 1.70. The molecule has 19 heavy (non-hydrogen) atoms. The van der Waals surface area contributed by atoms with E-state index in [-0.39, 0.29) is 5.41 Å². The largest absolute Gasteiger partial charge is 0.292 e. The Kier molecular flexibility index (Phi) is 2.42. The van der Waals surface area contributed by atoms with E-state index < -0.39 is 0 Å². The molecular weight excluding hydrogens is 236 g/mol. The second-order valence-electron chi connectivity index (χ2n) is 7.06. The minimum atomic E-state index is -0.0261. The first-order valence-corrected chi connectivity index (χ1v) is 7.77. The highest BCUT2D eigenvalue weighted by atomic mass is 16.1. The molecule has 0 N–H and O–H groups in total. The van der Waals surface area contributed by atoms with Gasteiger partial charge in [-0.25, -0.2) is 0 Å². The molecule has 4 saturated carbocycles. The molecule has 1 aromatic heterocycles. The molecule has 3 heteroatoms. The summed E-state index contributed by atoms with van der Waals surface area (Å²) in [6.07, 6.45) is 9.38. The Labute approximate surface area is 114 Å². The fourth-order valence-corrected chi connectivity index (χ4v) is 5.44. The molecule has 0 spiro atoms. The maximum Gasteiger partial charge on any atom is 0.186 e. The highest BCUT2D eigenvalue weighted by Gasteiger charge is 2.54. The van der Waals surface area contributed by atoms with Crippen molar-refractivity contribution in [1.82, 2.24) is 9.78 Å². The molecule has 1 aromatic rings. The van der Waals surface area contributed by atoms with Crippen LogP contribution in [-0.2, 0) is 6.54 Å². The number of aromatic nitrogens is 2. The van der Waals surface area contributed by atoms with Crippen LogP contribution in [0.3, 0.4) is 0 Å². The van der Waals surface area contributed by atoms with Crippen LogP contribution in [0.1, 0.15) is 55.9 Å². The highest BCUT2D eigenvalue weighted by Crippen LogP contribution is 2.60. The first-order chi connectivity index (χ1) is 9.20. The number of nitrogens with zero attached hydrogens (tertiary/aromatic N) is 2. The molecule has 102 valence electrons. The zero-order valence-electron chi connectivity index (χ0n) is 11.6. The number of hydrogen-bond donors (Lipinski definition) is 0. The van der Waals surface area contributed by atoms with Gasteiger partial charge in [0.15, 0.2) is 5.78 Å². The molecule has 0 aliphatic heterocycles. The van der Waals surface area contributed by atoms with Crippen LogP contribution in [0, 0.1) is 23.2 Å². The lowest BCUT2D eigenvalue weighted by Crippen LogP contribution is -2.50. The maximum absolute atomic E-state index is 13.1. The van der Waals surface area contributed by atoms with E-state index in [1.165, 1.54) is 19.3 Å². The summed E-state index contributed by atoms with van der Waals surface area (Å²) in [6.45, 7) is 2.85. The molecule has 4 bridgehead atoms. The zero-order valence-corrected chi connectivity index (χ0v) is 11.6. The van der Waals surface area contributed by atoms with Crippen LogP contribution >= 0.6 is 0 Å². The van der Waals surface area contributed by atoms with Gasteiger partial charge in [-0.3, -0.25) is 9.48 Å². The lowest BCUT2D eigenvalue weighted by molar-refractivity contribution is -0.0358. The third-order valence-corrected chi connectivity index (χ3v) is 5.77. The fraction of sp³-hybridized carbons (Fsp3) is 0.750. The van der Waals surface area contributed by atoms with Crippen molar-refractivity contribution in [3.8, 4) is 0 Å². The van der Waals surface area contributed by atoms with Crippen LogP contribution in [0.4, 0.5) is 0 Å². The van der Waals surface area contributed by atoms with Crippen molar-refractivity contribution in [1.29, 1.82) is 0 Å². The van der Waals surface area contributed by atoms with Crippen molar-refractivity contribution in [2.24, 2.45) is 23.2 Å². The number of hydrogen-bond acceptors (Lipinski definition) is 2. The van der Waals surface area contributed by atoms with Crippen molar-refractivity contribution in [2.75, 3.05) is 0 Å². The summed E-state index contributed by atoms with van der Waals surface area (Å²) in [5.41, 5.74) is 0.825.